The quantitative estimate of drug-likeness (QED) is 0.702. The van der Waals surface area contributed by atoms with Crippen LogP contribution in [0.3, 0.4) is 0 Å². The third-order valence-electron chi connectivity index (χ3n) is 2.50. The van der Waals surface area contributed by atoms with Crippen molar-refractivity contribution in [2.45, 2.75) is 47.5 Å². The number of hydrogen-bond donors (Lipinski definition) is 1. The third kappa shape index (κ3) is 4.45. The van der Waals surface area contributed by atoms with Crippen LogP contribution in [0.5, 0.6) is 0 Å². The number of hydrogen-bond acceptors (Lipinski definition) is 1. The van der Waals surface area contributed by atoms with Gasteiger partial charge in [-0.1, -0.05) is 40.2 Å². The fraction of sp³-hybridized carbons (Fsp3) is 0.750. The van der Waals surface area contributed by atoms with Gasteiger partial charge >= 0.3 is 5.97 Å². The van der Waals surface area contributed by atoms with Gasteiger partial charge in [0.25, 0.3) is 0 Å². The Morgan fingerprint density at radius 1 is 1.43 bits per heavy atom. The summed E-state index contributed by atoms with van der Waals surface area (Å²) in [5.41, 5.74) is 0.602. The van der Waals surface area contributed by atoms with Crippen molar-refractivity contribution >= 4 is 5.97 Å². The summed E-state index contributed by atoms with van der Waals surface area (Å²) in [6.07, 6.45) is 4.03. The first-order valence-corrected chi connectivity index (χ1v) is 5.20. The normalized spacial score (nSPS) is 15.4. The molecule has 0 saturated carbocycles. The number of aliphatic carboxylic acids is 1. The fourth-order valence-electron chi connectivity index (χ4n) is 1.45. The van der Waals surface area contributed by atoms with Gasteiger partial charge in [0.05, 0.1) is 0 Å². The van der Waals surface area contributed by atoms with Gasteiger partial charge in [-0.25, -0.2) is 4.79 Å². The van der Waals surface area contributed by atoms with E-state index in [-0.39, 0.29) is 5.41 Å². The van der Waals surface area contributed by atoms with Crippen LogP contribution < -0.4 is 0 Å². The van der Waals surface area contributed by atoms with Crippen molar-refractivity contribution in [3.8, 4) is 0 Å². The Kier molecular flexibility index (Phi) is 4.89. The summed E-state index contributed by atoms with van der Waals surface area (Å²) >= 11 is 0. The average Bonchev–Trinajstić information content (AvgIpc) is 2.01. The third-order valence-corrected chi connectivity index (χ3v) is 2.50. The molecule has 82 valence electrons. The summed E-state index contributed by atoms with van der Waals surface area (Å²) in [4.78, 5) is 10.7. The van der Waals surface area contributed by atoms with E-state index in [9.17, 15) is 4.79 Å². The molecular formula is C12H22O2. The minimum atomic E-state index is -0.810. The maximum Gasteiger partial charge on any atom is 0.330 e. The number of rotatable bonds is 4. The zero-order valence-electron chi connectivity index (χ0n) is 9.92. The minimum Gasteiger partial charge on any atom is -0.478 e. The fourth-order valence-corrected chi connectivity index (χ4v) is 1.45. The predicted molar refractivity (Wildman–Crippen MR) is 59.2 cm³/mol. The van der Waals surface area contributed by atoms with Crippen LogP contribution >= 0.6 is 0 Å². The number of allylic oxidation sites excluding steroid dienone is 1. The lowest BCUT2D eigenvalue weighted by Crippen LogP contribution is -2.19. The van der Waals surface area contributed by atoms with Crippen LogP contribution in [0, 0.1) is 11.3 Å². The first-order valence-electron chi connectivity index (χ1n) is 5.20. The van der Waals surface area contributed by atoms with Gasteiger partial charge < -0.3 is 5.11 Å². The van der Waals surface area contributed by atoms with E-state index in [1.165, 1.54) is 0 Å². The largest absolute Gasteiger partial charge is 0.478 e. The van der Waals surface area contributed by atoms with Crippen LogP contribution in [0.2, 0.25) is 0 Å². The molecule has 0 aromatic heterocycles. The number of carboxylic acid groups (broad SMARTS) is 1. The first-order chi connectivity index (χ1) is 6.29. The molecule has 0 rings (SSSR count). The molecule has 0 amide bonds. The molecule has 0 aliphatic rings. The summed E-state index contributed by atoms with van der Waals surface area (Å²) in [6, 6.07) is 0. The predicted octanol–water partition coefficient (Wildman–Crippen LogP) is 3.48. The van der Waals surface area contributed by atoms with Gasteiger partial charge in [-0.05, 0) is 24.7 Å². The molecule has 2 heteroatoms. The lowest BCUT2D eigenvalue weighted by atomic mass is 9.77. The average molecular weight is 198 g/mol. The molecule has 14 heavy (non-hydrogen) atoms. The summed E-state index contributed by atoms with van der Waals surface area (Å²) in [7, 11) is 0. The Hall–Kier alpha value is -0.790. The molecule has 0 fully saturated rings. The SMILES string of the molecule is CCCC(C=C(C)C(=O)O)C(C)(C)C. The lowest BCUT2D eigenvalue weighted by Gasteiger charge is -2.28. The molecule has 1 unspecified atom stereocenters. The Balaban J connectivity index is 4.68. The topological polar surface area (TPSA) is 37.3 Å². The van der Waals surface area contributed by atoms with Gasteiger partial charge in [-0.2, -0.15) is 0 Å². The zero-order chi connectivity index (χ0) is 11.4. The van der Waals surface area contributed by atoms with Crippen molar-refractivity contribution in [1.29, 1.82) is 0 Å². The van der Waals surface area contributed by atoms with Crippen molar-refractivity contribution in [3.63, 3.8) is 0 Å². The Morgan fingerprint density at radius 2 is 1.93 bits per heavy atom. The van der Waals surface area contributed by atoms with Crippen molar-refractivity contribution in [2.75, 3.05) is 0 Å². The van der Waals surface area contributed by atoms with E-state index in [0.717, 1.165) is 12.8 Å². The molecule has 0 aromatic rings. The van der Waals surface area contributed by atoms with E-state index in [0.29, 0.717) is 11.5 Å². The highest BCUT2D eigenvalue weighted by atomic mass is 16.4. The maximum atomic E-state index is 10.7. The van der Waals surface area contributed by atoms with Crippen LogP contribution in [0.25, 0.3) is 0 Å². The van der Waals surface area contributed by atoms with Crippen LogP contribution in [0.15, 0.2) is 11.6 Å². The van der Waals surface area contributed by atoms with Crippen LogP contribution in [-0.2, 0) is 4.79 Å². The number of carbonyl (C=O) groups is 1. The highest BCUT2D eigenvalue weighted by molar-refractivity contribution is 5.85. The van der Waals surface area contributed by atoms with Gasteiger partial charge in [0, 0.05) is 5.57 Å². The molecule has 0 aliphatic carbocycles. The Labute approximate surface area is 87.0 Å². The molecular weight excluding hydrogens is 176 g/mol. The van der Waals surface area contributed by atoms with Crippen LogP contribution in [-0.4, -0.2) is 11.1 Å². The summed E-state index contributed by atoms with van der Waals surface area (Å²) in [6.45, 7) is 10.2. The highest BCUT2D eigenvalue weighted by Crippen LogP contribution is 2.31. The summed E-state index contributed by atoms with van der Waals surface area (Å²) in [5, 5.41) is 8.80. The van der Waals surface area contributed by atoms with Gasteiger partial charge in [0.15, 0.2) is 0 Å². The monoisotopic (exact) mass is 198 g/mol. The molecule has 0 radical (unpaired) electrons. The first kappa shape index (κ1) is 13.2. The second-order valence-corrected chi connectivity index (χ2v) is 4.92. The molecule has 2 nitrogen and oxygen atoms in total. The molecule has 0 saturated heterocycles. The van der Waals surface area contributed by atoms with Crippen molar-refractivity contribution in [2.24, 2.45) is 11.3 Å². The number of carboxylic acids is 1. The molecule has 1 N–H and O–H groups in total. The van der Waals surface area contributed by atoms with Crippen LogP contribution in [0.4, 0.5) is 0 Å². The second kappa shape index (κ2) is 5.18. The zero-order valence-corrected chi connectivity index (χ0v) is 9.92. The maximum absolute atomic E-state index is 10.7. The van der Waals surface area contributed by atoms with Gasteiger partial charge in [-0.3, -0.25) is 0 Å². The summed E-state index contributed by atoms with van der Waals surface area (Å²) in [5.74, 6) is -0.459. The van der Waals surface area contributed by atoms with Gasteiger partial charge in [-0.15, -0.1) is 0 Å². The molecule has 0 aromatic carbocycles. The smallest absolute Gasteiger partial charge is 0.330 e. The van der Waals surface area contributed by atoms with Gasteiger partial charge in [0.2, 0.25) is 0 Å². The minimum absolute atomic E-state index is 0.146. The molecule has 0 spiro atoms. The van der Waals surface area contributed by atoms with E-state index < -0.39 is 5.97 Å². The highest BCUT2D eigenvalue weighted by Gasteiger charge is 2.22. The van der Waals surface area contributed by atoms with Crippen molar-refractivity contribution in [1.82, 2.24) is 0 Å². The van der Waals surface area contributed by atoms with Crippen LogP contribution in [0.1, 0.15) is 47.5 Å². The molecule has 0 aliphatic heterocycles. The van der Waals surface area contributed by atoms with Crippen molar-refractivity contribution < 1.29 is 9.90 Å². The van der Waals surface area contributed by atoms with E-state index in [1.54, 1.807) is 6.92 Å². The summed E-state index contributed by atoms with van der Waals surface area (Å²) < 4.78 is 0. The molecule has 0 heterocycles. The second-order valence-electron chi connectivity index (χ2n) is 4.92. The van der Waals surface area contributed by atoms with Crippen molar-refractivity contribution in [3.05, 3.63) is 11.6 Å². The van der Waals surface area contributed by atoms with E-state index >= 15 is 0 Å². The van der Waals surface area contributed by atoms with E-state index in [4.69, 9.17) is 5.11 Å². The van der Waals surface area contributed by atoms with Gasteiger partial charge in [0.1, 0.15) is 0 Å². The molecule has 0 bridgehead atoms. The Bertz CT molecular complexity index is 221. The van der Waals surface area contributed by atoms with E-state index in [1.807, 2.05) is 6.08 Å². The lowest BCUT2D eigenvalue weighted by molar-refractivity contribution is -0.132. The Morgan fingerprint density at radius 3 is 2.21 bits per heavy atom. The molecule has 1 atom stereocenters. The van der Waals surface area contributed by atoms with E-state index in [2.05, 4.69) is 27.7 Å². The standard InChI is InChI=1S/C12H22O2/c1-6-7-10(12(3,4)5)8-9(2)11(13)14/h8,10H,6-7H2,1-5H3,(H,13,14).